The molecule has 0 aliphatic heterocycles. The van der Waals surface area contributed by atoms with E-state index in [-0.39, 0.29) is 12.3 Å². The summed E-state index contributed by atoms with van der Waals surface area (Å²) < 4.78 is 1.02. The van der Waals surface area contributed by atoms with Gasteiger partial charge in [0.2, 0.25) is 0 Å². The smallest absolute Gasteiger partial charge is 0.187 e. The lowest BCUT2D eigenvalue weighted by atomic mass is 10.2. The Labute approximate surface area is 90.3 Å². The minimum atomic E-state index is -0.101. The largest absolute Gasteiger partial charge is 0.324 e. The van der Waals surface area contributed by atoms with Gasteiger partial charge in [-0.25, -0.2) is 0 Å². The van der Waals surface area contributed by atoms with Crippen LogP contribution in [0.15, 0.2) is 24.3 Å². The van der Waals surface area contributed by atoms with Crippen molar-refractivity contribution >= 4 is 38.8 Å². The fraction of sp³-hybridized carbons (Fsp3) is 0.100. The van der Waals surface area contributed by atoms with Crippen LogP contribution in [0.4, 0.5) is 0 Å². The lowest BCUT2D eigenvalue weighted by molar-refractivity contribution is 0.101. The van der Waals surface area contributed by atoms with Crippen molar-refractivity contribution < 1.29 is 4.79 Å². The molecule has 2 rings (SSSR count). The summed E-state index contributed by atoms with van der Waals surface area (Å²) >= 11 is 7.46. The summed E-state index contributed by atoms with van der Waals surface area (Å²) in [6, 6.07) is 7.67. The second kappa shape index (κ2) is 3.69. The van der Waals surface area contributed by atoms with Crippen LogP contribution >= 0.6 is 22.9 Å². The van der Waals surface area contributed by atoms with Crippen molar-refractivity contribution in [3.8, 4) is 0 Å². The summed E-state index contributed by atoms with van der Waals surface area (Å²) in [5.41, 5.74) is 5.29. The number of nitrogens with two attached hydrogens (primary N) is 1. The van der Waals surface area contributed by atoms with Crippen molar-refractivity contribution in [2.24, 2.45) is 5.73 Å². The maximum Gasteiger partial charge on any atom is 0.187 e. The van der Waals surface area contributed by atoms with Crippen LogP contribution in [0.5, 0.6) is 0 Å². The molecule has 0 radical (unpaired) electrons. The van der Waals surface area contributed by atoms with Crippen LogP contribution < -0.4 is 5.73 Å². The first-order valence-corrected chi connectivity index (χ1v) is 5.33. The van der Waals surface area contributed by atoms with Gasteiger partial charge >= 0.3 is 0 Å². The van der Waals surface area contributed by atoms with E-state index in [1.54, 1.807) is 0 Å². The van der Waals surface area contributed by atoms with E-state index in [4.69, 9.17) is 17.3 Å². The fourth-order valence-corrected chi connectivity index (χ4v) is 2.77. The molecule has 0 saturated carbocycles. The normalized spacial score (nSPS) is 10.7. The topological polar surface area (TPSA) is 43.1 Å². The molecule has 2 nitrogen and oxygen atoms in total. The summed E-state index contributed by atoms with van der Waals surface area (Å²) in [5, 5.41) is 1.46. The summed E-state index contributed by atoms with van der Waals surface area (Å²) in [7, 11) is 0. The molecular weight excluding hydrogens is 218 g/mol. The molecule has 4 heteroatoms. The molecule has 0 saturated heterocycles. The predicted molar refractivity (Wildman–Crippen MR) is 60.2 cm³/mol. The van der Waals surface area contributed by atoms with E-state index < -0.39 is 0 Å². The van der Waals surface area contributed by atoms with Gasteiger partial charge in [-0.15, -0.1) is 11.3 Å². The van der Waals surface area contributed by atoms with Gasteiger partial charge in [0.1, 0.15) is 0 Å². The van der Waals surface area contributed by atoms with Crippen LogP contribution in [-0.2, 0) is 0 Å². The second-order valence-corrected chi connectivity index (χ2v) is 4.30. The van der Waals surface area contributed by atoms with E-state index in [0.717, 1.165) is 10.1 Å². The highest BCUT2D eigenvalue weighted by Crippen LogP contribution is 2.35. The number of hydrogen-bond donors (Lipinski definition) is 1. The van der Waals surface area contributed by atoms with Crippen molar-refractivity contribution in [2.75, 3.05) is 6.54 Å². The van der Waals surface area contributed by atoms with Gasteiger partial charge in [0.05, 0.1) is 16.4 Å². The summed E-state index contributed by atoms with van der Waals surface area (Å²) in [6.45, 7) is 0.00649. The molecule has 72 valence electrons. The van der Waals surface area contributed by atoms with Crippen LogP contribution in [-0.4, -0.2) is 12.3 Å². The zero-order chi connectivity index (χ0) is 10.1. The third-order valence-electron chi connectivity index (χ3n) is 1.97. The Morgan fingerprint density at radius 2 is 2.14 bits per heavy atom. The van der Waals surface area contributed by atoms with Gasteiger partial charge in [0.25, 0.3) is 0 Å². The fourth-order valence-electron chi connectivity index (χ4n) is 1.29. The van der Waals surface area contributed by atoms with Crippen LogP contribution in [0.25, 0.3) is 10.1 Å². The minimum Gasteiger partial charge on any atom is -0.324 e. The van der Waals surface area contributed by atoms with E-state index in [9.17, 15) is 4.79 Å². The van der Waals surface area contributed by atoms with Crippen LogP contribution in [0.1, 0.15) is 9.67 Å². The van der Waals surface area contributed by atoms with Crippen molar-refractivity contribution in [3.63, 3.8) is 0 Å². The Balaban J connectivity index is 2.68. The highest BCUT2D eigenvalue weighted by Gasteiger charge is 2.14. The Hall–Kier alpha value is -0.900. The van der Waals surface area contributed by atoms with Gasteiger partial charge in [-0.05, 0) is 6.07 Å². The monoisotopic (exact) mass is 225 g/mol. The third-order valence-corrected chi connectivity index (χ3v) is 3.69. The molecule has 1 aromatic carbocycles. The number of carbonyl (C=O) groups excluding carboxylic acids is 1. The number of fused-ring (bicyclic) bond motifs is 1. The predicted octanol–water partition coefficient (Wildman–Crippen LogP) is 2.70. The van der Waals surface area contributed by atoms with Gasteiger partial charge < -0.3 is 5.73 Å². The Morgan fingerprint density at radius 1 is 1.43 bits per heavy atom. The first-order chi connectivity index (χ1) is 6.74. The van der Waals surface area contributed by atoms with Gasteiger partial charge in [0, 0.05) is 10.1 Å². The third kappa shape index (κ3) is 1.43. The van der Waals surface area contributed by atoms with E-state index in [1.807, 2.05) is 24.3 Å². The molecule has 0 fully saturated rings. The molecule has 2 N–H and O–H groups in total. The number of halogens is 1. The SMILES string of the molecule is NCC(=O)c1sc2ccccc2c1Cl. The molecule has 0 atom stereocenters. The number of carbonyl (C=O) groups is 1. The summed E-state index contributed by atoms with van der Waals surface area (Å²) in [6.07, 6.45) is 0. The van der Waals surface area contributed by atoms with Crippen LogP contribution in [0.2, 0.25) is 5.02 Å². The molecule has 0 spiro atoms. The molecule has 0 unspecified atom stereocenters. The molecule has 0 aliphatic rings. The van der Waals surface area contributed by atoms with E-state index >= 15 is 0 Å². The summed E-state index contributed by atoms with van der Waals surface area (Å²) in [5.74, 6) is -0.101. The zero-order valence-corrected chi connectivity index (χ0v) is 8.86. The molecule has 1 heterocycles. The first kappa shape index (κ1) is 9.65. The Bertz CT molecular complexity index is 492. The second-order valence-electron chi connectivity index (χ2n) is 2.87. The van der Waals surface area contributed by atoms with E-state index in [0.29, 0.717) is 9.90 Å². The number of thiophene rings is 1. The molecular formula is C10H8ClNOS. The number of benzene rings is 1. The van der Waals surface area contributed by atoms with Gasteiger partial charge in [-0.2, -0.15) is 0 Å². The molecule has 2 aromatic rings. The zero-order valence-electron chi connectivity index (χ0n) is 7.29. The molecule has 1 aromatic heterocycles. The molecule has 0 aliphatic carbocycles. The van der Waals surface area contributed by atoms with Gasteiger partial charge in [-0.1, -0.05) is 29.8 Å². The highest BCUT2D eigenvalue weighted by molar-refractivity contribution is 7.21. The Morgan fingerprint density at radius 3 is 2.79 bits per heavy atom. The number of Topliss-reactive ketones (excluding diaryl/α,β-unsaturated/α-hetero) is 1. The average Bonchev–Trinajstić information content (AvgIpc) is 2.56. The Kier molecular flexibility index (Phi) is 2.54. The molecule has 0 bridgehead atoms. The number of hydrogen-bond acceptors (Lipinski definition) is 3. The van der Waals surface area contributed by atoms with E-state index in [2.05, 4.69) is 0 Å². The lowest BCUT2D eigenvalue weighted by Gasteiger charge is -1.92. The number of ketones is 1. The van der Waals surface area contributed by atoms with E-state index in [1.165, 1.54) is 11.3 Å². The average molecular weight is 226 g/mol. The van der Waals surface area contributed by atoms with Crippen molar-refractivity contribution in [1.29, 1.82) is 0 Å². The quantitative estimate of drug-likeness (QED) is 0.799. The van der Waals surface area contributed by atoms with Crippen LogP contribution in [0.3, 0.4) is 0 Å². The van der Waals surface area contributed by atoms with Gasteiger partial charge in [-0.3, -0.25) is 4.79 Å². The molecule has 0 amide bonds. The standard InChI is InChI=1S/C10H8ClNOS/c11-9-6-3-1-2-4-8(6)14-10(9)7(13)5-12/h1-4H,5,12H2. The van der Waals surface area contributed by atoms with Gasteiger partial charge in [0.15, 0.2) is 5.78 Å². The van der Waals surface area contributed by atoms with Crippen molar-refractivity contribution in [2.45, 2.75) is 0 Å². The molecule has 14 heavy (non-hydrogen) atoms. The van der Waals surface area contributed by atoms with Crippen molar-refractivity contribution in [3.05, 3.63) is 34.2 Å². The first-order valence-electron chi connectivity index (χ1n) is 4.14. The van der Waals surface area contributed by atoms with Crippen LogP contribution in [0, 0.1) is 0 Å². The lowest BCUT2D eigenvalue weighted by Crippen LogP contribution is -2.12. The number of rotatable bonds is 2. The minimum absolute atomic E-state index is 0.00649. The summed E-state index contributed by atoms with van der Waals surface area (Å²) in [4.78, 5) is 12.0. The maximum atomic E-state index is 11.4. The van der Waals surface area contributed by atoms with Crippen molar-refractivity contribution in [1.82, 2.24) is 0 Å². The highest BCUT2D eigenvalue weighted by atomic mass is 35.5. The maximum absolute atomic E-state index is 11.4.